The number of hydrogen-bond acceptors (Lipinski definition) is 5. The second kappa shape index (κ2) is 11.0. The molecular weight excluding hydrogens is 499 g/mol. The molecule has 0 aromatic heterocycles. The van der Waals surface area contributed by atoms with E-state index in [2.05, 4.69) is 5.32 Å². The molecule has 7 nitrogen and oxygen atoms in total. The number of amides is 1. The van der Waals surface area contributed by atoms with Crippen molar-refractivity contribution < 1.29 is 22.7 Å². The molecule has 0 aliphatic heterocycles. The summed E-state index contributed by atoms with van der Waals surface area (Å²) >= 11 is 12.5. The van der Waals surface area contributed by atoms with E-state index in [1.165, 1.54) is 32.4 Å². The Kier molecular flexibility index (Phi) is 8.30. The third-order valence-corrected chi connectivity index (χ3v) is 7.69. The van der Waals surface area contributed by atoms with E-state index in [0.29, 0.717) is 11.5 Å². The Morgan fingerprint density at radius 2 is 1.65 bits per heavy atom. The zero-order valence-corrected chi connectivity index (χ0v) is 21.1. The summed E-state index contributed by atoms with van der Waals surface area (Å²) in [6.07, 6.45) is 0. The number of nitrogens with zero attached hydrogens (tertiary/aromatic N) is 1. The molecule has 1 atom stereocenters. The summed E-state index contributed by atoms with van der Waals surface area (Å²) < 4.78 is 38.4. The van der Waals surface area contributed by atoms with Crippen LogP contribution in [0.25, 0.3) is 0 Å². The number of halogens is 2. The van der Waals surface area contributed by atoms with Crippen LogP contribution in [0.1, 0.15) is 18.5 Å². The maximum atomic E-state index is 13.5. The normalized spacial score (nSPS) is 12.0. The van der Waals surface area contributed by atoms with Gasteiger partial charge in [-0.2, -0.15) is 0 Å². The van der Waals surface area contributed by atoms with Crippen LogP contribution >= 0.6 is 23.2 Å². The summed E-state index contributed by atoms with van der Waals surface area (Å²) in [5.41, 5.74) is 0.858. The lowest BCUT2D eigenvalue weighted by Gasteiger charge is -2.26. The molecule has 0 spiro atoms. The first-order valence-electron chi connectivity index (χ1n) is 10.2. The molecule has 0 aliphatic rings. The summed E-state index contributed by atoms with van der Waals surface area (Å²) in [4.78, 5) is 13.0. The maximum Gasteiger partial charge on any atom is 0.264 e. The summed E-state index contributed by atoms with van der Waals surface area (Å²) in [5, 5.41) is 3.03. The van der Waals surface area contributed by atoms with E-state index in [4.69, 9.17) is 32.7 Å². The van der Waals surface area contributed by atoms with Crippen molar-refractivity contribution in [2.75, 3.05) is 25.1 Å². The summed E-state index contributed by atoms with van der Waals surface area (Å²) in [7, 11) is -1.06. The van der Waals surface area contributed by atoms with Gasteiger partial charge in [0.1, 0.15) is 6.54 Å². The fourth-order valence-corrected chi connectivity index (χ4v) is 5.23. The highest BCUT2D eigenvalue weighted by Gasteiger charge is 2.29. The Morgan fingerprint density at radius 3 is 2.29 bits per heavy atom. The predicted octanol–water partition coefficient (Wildman–Crippen LogP) is 5.08. The van der Waals surface area contributed by atoms with Gasteiger partial charge in [-0.3, -0.25) is 9.10 Å². The first-order chi connectivity index (χ1) is 16.2. The van der Waals surface area contributed by atoms with Gasteiger partial charge in [-0.25, -0.2) is 8.42 Å². The standard InChI is InChI=1S/C24H24Cl2N2O5S/c1-16(17-12-13-21(32-2)22(14-17)33-3)27-23(29)15-28(20-11-7-10-19(25)24(20)26)34(30,31)18-8-5-4-6-9-18/h4-14,16H,15H2,1-3H3,(H,27,29)/t16-/m1/s1. The number of ether oxygens (including phenoxy) is 2. The molecule has 3 aromatic carbocycles. The molecule has 3 aromatic rings. The third-order valence-electron chi connectivity index (χ3n) is 5.10. The SMILES string of the molecule is COc1ccc([C@@H](C)NC(=O)CN(c2cccc(Cl)c2Cl)S(=O)(=O)c2ccccc2)cc1OC. The first kappa shape index (κ1) is 25.7. The fraction of sp³-hybridized carbons (Fsp3) is 0.208. The van der Waals surface area contributed by atoms with Crippen molar-refractivity contribution in [1.29, 1.82) is 0 Å². The average Bonchev–Trinajstić information content (AvgIpc) is 2.84. The molecule has 180 valence electrons. The lowest BCUT2D eigenvalue weighted by Crippen LogP contribution is -2.41. The number of carbonyl (C=O) groups is 1. The Balaban J connectivity index is 1.91. The minimum absolute atomic E-state index is 0.0202. The zero-order chi connectivity index (χ0) is 24.9. The summed E-state index contributed by atoms with van der Waals surface area (Å²) in [6, 6.07) is 17.2. The molecule has 0 saturated heterocycles. The molecule has 0 bridgehead atoms. The monoisotopic (exact) mass is 522 g/mol. The summed E-state index contributed by atoms with van der Waals surface area (Å²) in [5.74, 6) is 0.540. The number of carbonyl (C=O) groups excluding carboxylic acids is 1. The molecule has 10 heteroatoms. The quantitative estimate of drug-likeness (QED) is 0.423. The molecule has 0 radical (unpaired) electrons. The second-order valence-corrected chi connectivity index (χ2v) is 9.95. The Hall–Kier alpha value is -2.94. The van der Waals surface area contributed by atoms with Gasteiger partial charge in [0.15, 0.2) is 11.5 Å². The van der Waals surface area contributed by atoms with Crippen molar-refractivity contribution >= 4 is 44.8 Å². The highest BCUT2D eigenvalue weighted by molar-refractivity contribution is 7.92. The van der Waals surface area contributed by atoms with E-state index in [9.17, 15) is 13.2 Å². The van der Waals surface area contributed by atoms with Gasteiger partial charge in [-0.05, 0) is 48.9 Å². The first-order valence-corrected chi connectivity index (χ1v) is 12.4. The number of benzene rings is 3. The number of methoxy groups -OCH3 is 2. The number of hydrogen-bond donors (Lipinski definition) is 1. The van der Waals surface area contributed by atoms with E-state index in [0.717, 1.165) is 9.87 Å². The van der Waals surface area contributed by atoms with Gasteiger partial charge in [-0.1, -0.05) is 53.5 Å². The Bertz CT molecular complexity index is 1270. The van der Waals surface area contributed by atoms with Crippen molar-refractivity contribution in [2.45, 2.75) is 17.9 Å². The van der Waals surface area contributed by atoms with E-state index in [1.54, 1.807) is 55.5 Å². The van der Waals surface area contributed by atoms with E-state index >= 15 is 0 Å². The molecule has 1 N–H and O–H groups in total. The fourth-order valence-electron chi connectivity index (χ4n) is 3.33. The van der Waals surface area contributed by atoms with Crippen LogP contribution < -0.4 is 19.1 Å². The third kappa shape index (κ3) is 5.58. The van der Waals surface area contributed by atoms with Crippen LogP contribution in [-0.2, 0) is 14.8 Å². The summed E-state index contributed by atoms with van der Waals surface area (Å²) in [6.45, 7) is 1.27. The smallest absolute Gasteiger partial charge is 0.264 e. The van der Waals surface area contributed by atoms with Gasteiger partial charge in [0.25, 0.3) is 10.0 Å². The van der Waals surface area contributed by atoms with E-state index in [1.807, 2.05) is 0 Å². The molecule has 0 heterocycles. The Morgan fingerprint density at radius 1 is 0.971 bits per heavy atom. The minimum Gasteiger partial charge on any atom is -0.493 e. The van der Waals surface area contributed by atoms with Gasteiger partial charge in [0, 0.05) is 0 Å². The number of nitrogens with one attached hydrogen (secondary N) is 1. The molecule has 0 aliphatic carbocycles. The number of anilines is 1. The van der Waals surface area contributed by atoms with Crippen LogP contribution in [0.5, 0.6) is 11.5 Å². The molecule has 3 rings (SSSR count). The molecule has 34 heavy (non-hydrogen) atoms. The second-order valence-electron chi connectivity index (χ2n) is 7.30. The van der Waals surface area contributed by atoms with Gasteiger partial charge < -0.3 is 14.8 Å². The van der Waals surface area contributed by atoms with Crippen LogP contribution in [0.15, 0.2) is 71.6 Å². The van der Waals surface area contributed by atoms with Gasteiger partial charge >= 0.3 is 0 Å². The van der Waals surface area contributed by atoms with Gasteiger partial charge in [0.2, 0.25) is 5.91 Å². The van der Waals surface area contributed by atoms with Gasteiger partial charge in [-0.15, -0.1) is 0 Å². The van der Waals surface area contributed by atoms with Crippen LogP contribution in [0, 0.1) is 0 Å². The number of rotatable bonds is 9. The highest BCUT2D eigenvalue weighted by atomic mass is 35.5. The molecule has 0 saturated carbocycles. The Labute approximate surface area is 209 Å². The molecule has 0 unspecified atom stereocenters. The predicted molar refractivity (Wildman–Crippen MR) is 134 cm³/mol. The van der Waals surface area contributed by atoms with Crippen molar-refractivity contribution in [3.05, 3.63) is 82.3 Å². The highest BCUT2D eigenvalue weighted by Crippen LogP contribution is 2.35. The zero-order valence-electron chi connectivity index (χ0n) is 18.8. The van der Waals surface area contributed by atoms with Crippen LogP contribution in [0.4, 0.5) is 5.69 Å². The van der Waals surface area contributed by atoms with Crippen LogP contribution in [-0.4, -0.2) is 35.1 Å². The molecule has 1 amide bonds. The minimum atomic E-state index is -4.12. The van der Waals surface area contributed by atoms with Crippen molar-refractivity contribution in [2.24, 2.45) is 0 Å². The van der Waals surface area contributed by atoms with Crippen molar-refractivity contribution in [1.82, 2.24) is 5.32 Å². The molecular formula is C24H24Cl2N2O5S. The van der Waals surface area contributed by atoms with E-state index in [-0.39, 0.29) is 20.6 Å². The van der Waals surface area contributed by atoms with Crippen molar-refractivity contribution in [3.63, 3.8) is 0 Å². The van der Waals surface area contributed by atoms with Gasteiger partial charge in [0.05, 0.1) is 40.9 Å². The lowest BCUT2D eigenvalue weighted by molar-refractivity contribution is -0.120. The van der Waals surface area contributed by atoms with E-state index < -0.39 is 28.5 Å². The number of sulfonamides is 1. The van der Waals surface area contributed by atoms with Crippen LogP contribution in [0.3, 0.4) is 0 Å². The largest absolute Gasteiger partial charge is 0.493 e. The maximum absolute atomic E-state index is 13.5. The average molecular weight is 523 g/mol. The van der Waals surface area contributed by atoms with Crippen molar-refractivity contribution in [3.8, 4) is 11.5 Å². The molecule has 0 fully saturated rings. The lowest BCUT2D eigenvalue weighted by atomic mass is 10.1. The van der Waals surface area contributed by atoms with Crippen LogP contribution in [0.2, 0.25) is 10.0 Å². The topological polar surface area (TPSA) is 84.9 Å².